The average molecular weight is 341 g/mol. The summed E-state index contributed by atoms with van der Waals surface area (Å²) in [6, 6.07) is 8.75. The lowest BCUT2D eigenvalue weighted by Crippen LogP contribution is -2.20. The zero-order valence-corrected chi connectivity index (χ0v) is 13.7. The van der Waals surface area contributed by atoms with E-state index in [1.807, 2.05) is 0 Å². The molecule has 1 aromatic carbocycles. The maximum absolute atomic E-state index is 12.9. The highest BCUT2D eigenvalue weighted by Gasteiger charge is 2.13. The Bertz CT molecular complexity index is 975. The highest BCUT2D eigenvalue weighted by atomic mass is 19.1. The van der Waals surface area contributed by atoms with Crippen LogP contribution in [0.25, 0.3) is 5.95 Å². The lowest BCUT2D eigenvalue weighted by atomic mass is 10.1. The minimum absolute atomic E-state index is 0.0856. The first kappa shape index (κ1) is 16.6. The predicted octanol–water partition coefficient (Wildman–Crippen LogP) is 1.89. The minimum Gasteiger partial charge on any atom is -0.310 e. The van der Waals surface area contributed by atoms with Crippen LogP contribution in [0.5, 0.6) is 0 Å². The van der Waals surface area contributed by atoms with Gasteiger partial charge in [0.2, 0.25) is 11.9 Å². The summed E-state index contributed by atoms with van der Waals surface area (Å²) in [6.45, 7) is 3.46. The third-order valence-corrected chi connectivity index (χ3v) is 3.43. The first-order valence-corrected chi connectivity index (χ1v) is 7.60. The Balaban J connectivity index is 1.84. The summed E-state index contributed by atoms with van der Waals surface area (Å²) in [5, 5.41) is 6.99. The van der Waals surface area contributed by atoms with E-state index < -0.39 is 0 Å². The highest BCUT2D eigenvalue weighted by Crippen LogP contribution is 2.14. The topological polar surface area (TPSA) is 92.7 Å². The second-order valence-corrected chi connectivity index (χ2v) is 5.64. The second kappa shape index (κ2) is 6.68. The number of carbonyl (C=O) groups excluding carboxylic acids is 1. The number of aryl methyl sites for hydroxylation is 2. The largest absolute Gasteiger partial charge is 0.310 e. The van der Waals surface area contributed by atoms with Gasteiger partial charge in [-0.1, -0.05) is 12.1 Å². The van der Waals surface area contributed by atoms with Crippen LogP contribution in [-0.4, -0.2) is 25.7 Å². The van der Waals surface area contributed by atoms with Crippen LogP contribution in [0.1, 0.15) is 17.0 Å². The van der Waals surface area contributed by atoms with E-state index in [4.69, 9.17) is 0 Å². The van der Waals surface area contributed by atoms with Crippen molar-refractivity contribution in [1.29, 1.82) is 0 Å². The molecular formula is C17H16FN5O2. The molecule has 7 nitrogen and oxygen atoms in total. The molecule has 0 aliphatic carbocycles. The first-order chi connectivity index (χ1) is 11.9. The number of hydrogen-bond acceptors (Lipinski definition) is 4. The molecular weight excluding hydrogens is 325 g/mol. The number of aromatic amines is 1. The zero-order chi connectivity index (χ0) is 18.0. The van der Waals surface area contributed by atoms with Gasteiger partial charge in [0.1, 0.15) is 11.6 Å². The Morgan fingerprint density at radius 3 is 2.60 bits per heavy atom. The monoisotopic (exact) mass is 341 g/mol. The first-order valence-electron chi connectivity index (χ1n) is 7.60. The summed E-state index contributed by atoms with van der Waals surface area (Å²) in [6.07, 6.45) is 0.0856. The Morgan fingerprint density at radius 1 is 1.20 bits per heavy atom. The molecule has 2 heterocycles. The second-order valence-electron chi connectivity index (χ2n) is 5.64. The lowest BCUT2D eigenvalue weighted by Gasteiger charge is -2.08. The number of anilines is 1. The molecule has 0 aliphatic heterocycles. The van der Waals surface area contributed by atoms with Gasteiger partial charge in [0.05, 0.1) is 12.1 Å². The molecule has 0 radical (unpaired) electrons. The quantitative estimate of drug-likeness (QED) is 0.758. The summed E-state index contributed by atoms with van der Waals surface area (Å²) in [5.74, 6) is -0.0383. The molecule has 128 valence electrons. The fourth-order valence-electron chi connectivity index (χ4n) is 2.39. The van der Waals surface area contributed by atoms with E-state index >= 15 is 0 Å². The van der Waals surface area contributed by atoms with Crippen molar-refractivity contribution in [2.24, 2.45) is 0 Å². The van der Waals surface area contributed by atoms with Crippen LogP contribution in [0.15, 0.2) is 41.2 Å². The molecule has 25 heavy (non-hydrogen) atoms. The molecule has 0 bridgehead atoms. The molecule has 0 saturated carbocycles. The summed E-state index contributed by atoms with van der Waals surface area (Å²) in [5.41, 5.74) is 1.57. The third kappa shape index (κ3) is 3.97. The smallest absolute Gasteiger partial charge is 0.252 e. The molecule has 2 N–H and O–H groups in total. The van der Waals surface area contributed by atoms with Crippen LogP contribution in [0.3, 0.4) is 0 Å². The van der Waals surface area contributed by atoms with Gasteiger partial charge in [-0.05, 0) is 31.5 Å². The van der Waals surface area contributed by atoms with Crippen molar-refractivity contribution in [1.82, 2.24) is 19.7 Å². The molecule has 3 rings (SSSR count). The number of hydrogen-bond donors (Lipinski definition) is 2. The van der Waals surface area contributed by atoms with Crippen molar-refractivity contribution in [2.45, 2.75) is 20.3 Å². The zero-order valence-electron chi connectivity index (χ0n) is 13.7. The molecule has 0 saturated heterocycles. The normalized spacial score (nSPS) is 10.7. The van der Waals surface area contributed by atoms with Crippen molar-refractivity contribution >= 4 is 11.7 Å². The van der Waals surface area contributed by atoms with E-state index in [1.165, 1.54) is 22.9 Å². The molecule has 8 heteroatoms. The predicted molar refractivity (Wildman–Crippen MR) is 90.2 cm³/mol. The molecule has 1 amide bonds. The fraction of sp³-hybridized carbons (Fsp3) is 0.176. The standard InChI is InChI=1S/C17H16FN5O2/c1-10-8-15(24)21-17(19-10)23-14(7-11(2)22-23)20-16(25)9-12-3-5-13(18)6-4-12/h3-8H,9H2,1-2H3,(H,20,25)(H,19,21,24). The average Bonchev–Trinajstić information content (AvgIpc) is 2.89. The maximum atomic E-state index is 12.9. The van der Waals surface area contributed by atoms with Gasteiger partial charge in [-0.15, -0.1) is 0 Å². The number of H-pyrrole nitrogens is 1. The van der Waals surface area contributed by atoms with Gasteiger partial charge in [0, 0.05) is 17.8 Å². The summed E-state index contributed by atoms with van der Waals surface area (Å²) >= 11 is 0. The van der Waals surface area contributed by atoms with Gasteiger partial charge in [0.25, 0.3) is 5.56 Å². The lowest BCUT2D eigenvalue weighted by molar-refractivity contribution is -0.115. The number of aromatic nitrogens is 4. The van der Waals surface area contributed by atoms with E-state index in [0.29, 0.717) is 22.8 Å². The summed E-state index contributed by atoms with van der Waals surface area (Å²) in [4.78, 5) is 30.7. The number of halogens is 1. The van der Waals surface area contributed by atoms with Crippen molar-refractivity contribution < 1.29 is 9.18 Å². The Hall–Kier alpha value is -3.29. The molecule has 0 fully saturated rings. The third-order valence-electron chi connectivity index (χ3n) is 3.43. The maximum Gasteiger partial charge on any atom is 0.252 e. The summed E-state index contributed by atoms with van der Waals surface area (Å²) in [7, 11) is 0. The fourth-order valence-corrected chi connectivity index (χ4v) is 2.39. The Kier molecular flexibility index (Phi) is 4.42. The molecule has 3 aromatic rings. The molecule has 0 spiro atoms. The van der Waals surface area contributed by atoms with Crippen LogP contribution in [0, 0.1) is 19.7 Å². The summed E-state index contributed by atoms with van der Waals surface area (Å²) < 4.78 is 14.3. The van der Waals surface area contributed by atoms with Crippen LogP contribution in [-0.2, 0) is 11.2 Å². The number of rotatable bonds is 4. The van der Waals surface area contributed by atoms with E-state index in [2.05, 4.69) is 20.4 Å². The number of carbonyl (C=O) groups is 1. The molecule has 2 aromatic heterocycles. The van der Waals surface area contributed by atoms with Gasteiger partial charge in [0.15, 0.2) is 0 Å². The molecule has 0 atom stereocenters. The molecule has 0 unspecified atom stereocenters. The van der Waals surface area contributed by atoms with E-state index in [0.717, 1.165) is 0 Å². The highest BCUT2D eigenvalue weighted by molar-refractivity contribution is 5.91. The van der Waals surface area contributed by atoms with E-state index in [-0.39, 0.29) is 29.7 Å². The van der Waals surface area contributed by atoms with Crippen LogP contribution < -0.4 is 10.9 Å². The van der Waals surface area contributed by atoms with Gasteiger partial charge >= 0.3 is 0 Å². The van der Waals surface area contributed by atoms with Crippen molar-refractivity contribution in [3.63, 3.8) is 0 Å². The Morgan fingerprint density at radius 2 is 1.92 bits per heavy atom. The SMILES string of the molecule is Cc1cc(=O)[nH]c(-n2nc(C)cc2NC(=O)Cc2ccc(F)cc2)n1. The van der Waals surface area contributed by atoms with Crippen molar-refractivity contribution in [2.75, 3.05) is 5.32 Å². The van der Waals surface area contributed by atoms with Crippen molar-refractivity contribution in [3.8, 4) is 5.95 Å². The van der Waals surface area contributed by atoms with Crippen LogP contribution in [0.2, 0.25) is 0 Å². The van der Waals surface area contributed by atoms with Gasteiger partial charge in [-0.25, -0.2) is 9.37 Å². The number of nitrogens with one attached hydrogen (secondary N) is 2. The van der Waals surface area contributed by atoms with Gasteiger partial charge in [-0.3, -0.25) is 14.6 Å². The van der Waals surface area contributed by atoms with Crippen molar-refractivity contribution in [3.05, 3.63) is 69.5 Å². The van der Waals surface area contributed by atoms with E-state index in [9.17, 15) is 14.0 Å². The van der Waals surface area contributed by atoms with E-state index in [1.54, 1.807) is 32.0 Å². The van der Waals surface area contributed by atoms with Gasteiger partial charge in [-0.2, -0.15) is 9.78 Å². The number of nitrogens with zero attached hydrogens (tertiary/aromatic N) is 3. The Labute approximate surface area is 142 Å². The van der Waals surface area contributed by atoms with Gasteiger partial charge < -0.3 is 5.32 Å². The van der Waals surface area contributed by atoms with Crippen LogP contribution in [0.4, 0.5) is 10.2 Å². The minimum atomic E-state index is -0.354. The number of benzene rings is 1. The molecule has 0 aliphatic rings. The van der Waals surface area contributed by atoms with Crippen LogP contribution >= 0.6 is 0 Å². The number of amides is 1.